The molecule has 20 heavy (non-hydrogen) atoms. The average Bonchev–Trinajstić information content (AvgIpc) is 3.07. The largest absolute Gasteiger partial charge is 0.322 e. The molecule has 0 spiro atoms. The van der Waals surface area contributed by atoms with E-state index >= 15 is 0 Å². The Balaban J connectivity index is 1.84. The number of pyridine rings is 1. The predicted molar refractivity (Wildman–Crippen MR) is 69.2 cm³/mol. The van der Waals surface area contributed by atoms with Gasteiger partial charge in [-0.3, -0.25) is 20.2 Å². The summed E-state index contributed by atoms with van der Waals surface area (Å²) in [4.78, 5) is 26.4. The highest BCUT2D eigenvalue weighted by Crippen LogP contribution is 2.16. The van der Waals surface area contributed by atoms with Crippen molar-refractivity contribution in [2.45, 2.75) is 6.04 Å². The molecular weight excluding hydrogens is 258 g/mol. The molecule has 0 aromatic carbocycles. The van der Waals surface area contributed by atoms with Gasteiger partial charge in [0.25, 0.3) is 5.91 Å². The summed E-state index contributed by atoms with van der Waals surface area (Å²) in [6.07, 6.45) is 6.71. The smallest absolute Gasteiger partial charge is 0.316 e. The average molecular weight is 267 g/mol. The van der Waals surface area contributed by atoms with Gasteiger partial charge in [0.05, 0.1) is 6.20 Å². The molecule has 7 nitrogen and oxygen atoms in total. The van der Waals surface area contributed by atoms with Gasteiger partial charge in [0.2, 0.25) is 0 Å². The van der Waals surface area contributed by atoms with E-state index in [9.17, 15) is 9.59 Å². The summed E-state index contributed by atoms with van der Waals surface area (Å²) in [6.45, 7) is 0. The molecule has 2 aromatic heterocycles. The van der Waals surface area contributed by atoms with E-state index in [0.717, 1.165) is 11.1 Å². The first kappa shape index (κ1) is 11.9. The number of H-pyrrole nitrogens is 1. The zero-order valence-corrected chi connectivity index (χ0v) is 10.2. The second-order valence-electron chi connectivity index (χ2n) is 4.11. The number of urea groups is 1. The van der Waals surface area contributed by atoms with E-state index in [0.29, 0.717) is 5.56 Å². The summed E-state index contributed by atoms with van der Waals surface area (Å²) < 4.78 is 0. The maximum Gasteiger partial charge on any atom is 0.322 e. The number of imide groups is 1. The Bertz CT molecular complexity index is 727. The number of hydrogen-bond donors (Lipinski definition) is 3. The molecule has 3 rings (SSSR count). The molecule has 7 heteroatoms. The highest BCUT2D eigenvalue weighted by molar-refractivity contribution is 6.05. The lowest BCUT2D eigenvalue weighted by Crippen LogP contribution is -2.26. The van der Waals surface area contributed by atoms with Gasteiger partial charge >= 0.3 is 6.03 Å². The molecule has 2 aromatic rings. The van der Waals surface area contributed by atoms with Crippen LogP contribution in [0.3, 0.4) is 0 Å². The Morgan fingerprint density at radius 1 is 1.15 bits per heavy atom. The van der Waals surface area contributed by atoms with Crippen LogP contribution in [0.1, 0.15) is 5.56 Å². The molecule has 3 amide bonds. The van der Waals surface area contributed by atoms with E-state index in [1.54, 1.807) is 24.8 Å². The Hall–Kier alpha value is -3.14. The third kappa shape index (κ3) is 2.35. The molecule has 1 saturated heterocycles. The molecule has 1 unspecified atom stereocenters. The molecule has 1 atom stereocenters. The Kier molecular flexibility index (Phi) is 2.89. The van der Waals surface area contributed by atoms with Gasteiger partial charge in [0.15, 0.2) is 6.04 Å². The van der Waals surface area contributed by atoms with E-state index in [1.807, 2.05) is 6.07 Å². The van der Waals surface area contributed by atoms with Crippen LogP contribution in [0.5, 0.6) is 0 Å². The summed E-state index contributed by atoms with van der Waals surface area (Å²) in [5.74, 6) is 5.07. The van der Waals surface area contributed by atoms with Crippen molar-refractivity contribution >= 4 is 11.9 Å². The lowest BCUT2D eigenvalue weighted by atomic mass is 10.1. The maximum absolute atomic E-state index is 11.3. The van der Waals surface area contributed by atoms with Crippen molar-refractivity contribution in [3.05, 3.63) is 36.4 Å². The van der Waals surface area contributed by atoms with E-state index in [-0.39, 0.29) is 0 Å². The zero-order valence-electron chi connectivity index (χ0n) is 10.2. The summed E-state index contributed by atoms with van der Waals surface area (Å²) >= 11 is 0. The lowest BCUT2D eigenvalue weighted by Gasteiger charge is -1.98. The zero-order chi connectivity index (χ0) is 13.9. The van der Waals surface area contributed by atoms with Crippen LogP contribution in [0.25, 0.3) is 11.1 Å². The number of amides is 3. The second kappa shape index (κ2) is 4.85. The Labute approximate surface area is 113 Å². The Morgan fingerprint density at radius 3 is 2.75 bits per heavy atom. The van der Waals surface area contributed by atoms with Crippen LogP contribution in [0.4, 0.5) is 4.79 Å². The van der Waals surface area contributed by atoms with Gasteiger partial charge in [-0.25, -0.2) is 4.79 Å². The van der Waals surface area contributed by atoms with Gasteiger partial charge in [-0.15, -0.1) is 0 Å². The minimum absolute atomic E-state index is 0.443. The summed E-state index contributed by atoms with van der Waals surface area (Å²) in [7, 11) is 0. The maximum atomic E-state index is 11.3. The summed E-state index contributed by atoms with van der Waals surface area (Å²) in [5.41, 5.74) is 2.41. The van der Waals surface area contributed by atoms with E-state index < -0.39 is 18.0 Å². The van der Waals surface area contributed by atoms with Crippen LogP contribution < -0.4 is 10.6 Å². The molecule has 0 aliphatic carbocycles. The predicted octanol–water partition coefficient (Wildman–Crippen LogP) is 0.0312. The Morgan fingerprint density at radius 2 is 2.05 bits per heavy atom. The van der Waals surface area contributed by atoms with Crippen molar-refractivity contribution in [3.63, 3.8) is 0 Å². The van der Waals surface area contributed by atoms with E-state index in [2.05, 4.69) is 37.7 Å². The highest BCUT2D eigenvalue weighted by atomic mass is 16.2. The van der Waals surface area contributed by atoms with Crippen LogP contribution in [0, 0.1) is 11.8 Å². The fraction of sp³-hybridized carbons (Fsp3) is 0.0769. The molecule has 3 N–H and O–H groups in total. The van der Waals surface area contributed by atoms with E-state index in [4.69, 9.17) is 0 Å². The van der Waals surface area contributed by atoms with Gasteiger partial charge in [-0.2, -0.15) is 5.10 Å². The first-order valence-corrected chi connectivity index (χ1v) is 5.79. The molecule has 0 saturated carbocycles. The number of carbonyl (C=O) groups is 2. The number of hydrogen-bond acceptors (Lipinski definition) is 4. The second-order valence-corrected chi connectivity index (χ2v) is 4.11. The molecule has 98 valence electrons. The lowest BCUT2D eigenvalue weighted by molar-refractivity contribution is -0.119. The van der Waals surface area contributed by atoms with Crippen molar-refractivity contribution in [1.82, 2.24) is 25.8 Å². The van der Waals surface area contributed by atoms with Gasteiger partial charge in [0, 0.05) is 35.3 Å². The number of rotatable bonds is 1. The van der Waals surface area contributed by atoms with Crippen molar-refractivity contribution in [3.8, 4) is 23.0 Å². The molecular formula is C13H9N5O2. The fourth-order valence-electron chi connectivity index (χ4n) is 1.75. The van der Waals surface area contributed by atoms with Crippen LogP contribution in [0.2, 0.25) is 0 Å². The SMILES string of the molecule is O=C1NC(=O)C(C#Cc2cncc(-c3cn[nH]c3)c2)N1. The first-order chi connectivity index (χ1) is 9.72. The normalized spacial score (nSPS) is 17.1. The topological polar surface area (TPSA) is 99.8 Å². The molecule has 1 fully saturated rings. The van der Waals surface area contributed by atoms with Crippen LogP contribution in [-0.2, 0) is 4.79 Å². The van der Waals surface area contributed by atoms with Gasteiger partial charge in [0.1, 0.15) is 0 Å². The molecule has 0 bridgehead atoms. The molecule has 1 aliphatic heterocycles. The quantitative estimate of drug-likeness (QED) is 0.501. The number of aromatic amines is 1. The van der Waals surface area contributed by atoms with Crippen LogP contribution in [0.15, 0.2) is 30.9 Å². The third-order valence-electron chi connectivity index (χ3n) is 2.70. The highest BCUT2D eigenvalue weighted by Gasteiger charge is 2.27. The van der Waals surface area contributed by atoms with Gasteiger partial charge in [-0.1, -0.05) is 11.8 Å². The van der Waals surface area contributed by atoms with Crippen molar-refractivity contribution in [1.29, 1.82) is 0 Å². The van der Waals surface area contributed by atoms with Crippen LogP contribution in [-0.4, -0.2) is 33.2 Å². The van der Waals surface area contributed by atoms with E-state index in [1.165, 1.54) is 0 Å². The minimum atomic E-state index is -0.819. The standard InChI is InChI=1S/C13H9N5O2/c19-12-11(17-13(20)18-12)2-1-8-3-9(5-14-4-8)10-6-15-16-7-10/h3-7,11H,(H,15,16)(H2,17,18,19,20). The number of nitrogens with one attached hydrogen (secondary N) is 3. The van der Waals surface area contributed by atoms with Crippen molar-refractivity contribution in [2.24, 2.45) is 0 Å². The first-order valence-electron chi connectivity index (χ1n) is 5.79. The number of carbonyl (C=O) groups excluding carboxylic acids is 2. The minimum Gasteiger partial charge on any atom is -0.316 e. The molecule has 0 radical (unpaired) electrons. The van der Waals surface area contributed by atoms with Gasteiger partial charge in [-0.05, 0) is 6.07 Å². The third-order valence-corrected chi connectivity index (χ3v) is 2.70. The van der Waals surface area contributed by atoms with Crippen LogP contribution >= 0.6 is 0 Å². The summed E-state index contributed by atoms with van der Waals surface area (Å²) in [5, 5.41) is 11.1. The number of aromatic nitrogens is 3. The summed E-state index contributed by atoms with van der Waals surface area (Å²) in [6, 6.07) is 0.485. The fourth-order valence-corrected chi connectivity index (χ4v) is 1.75. The molecule has 3 heterocycles. The van der Waals surface area contributed by atoms with Crippen molar-refractivity contribution in [2.75, 3.05) is 0 Å². The number of nitrogens with zero attached hydrogens (tertiary/aromatic N) is 2. The monoisotopic (exact) mass is 267 g/mol. The molecule has 1 aliphatic rings. The van der Waals surface area contributed by atoms with Gasteiger partial charge < -0.3 is 5.32 Å². The van der Waals surface area contributed by atoms with Crippen molar-refractivity contribution < 1.29 is 9.59 Å².